The number of imidazole rings is 2. The Morgan fingerprint density at radius 2 is 1.94 bits per heavy atom. The highest BCUT2D eigenvalue weighted by Gasteiger charge is 2.46. The number of ether oxygens (including phenoxy) is 1. The maximum Gasteiger partial charge on any atom is 0.481 e. The zero-order valence-electron chi connectivity index (χ0n) is 15.8. The molecule has 0 amide bonds. The summed E-state index contributed by atoms with van der Waals surface area (Å²) in [5.41, 5.74) is 6.11. The fraction of sp³-hybridized carbons (Fsp3) is 0.385. The maximum atomic E-state index is 11.5. The van der Waals surface area contributed by atoms with Crippen LogP contribution in [-0.4, -0.2) is 74.3 Å². The molecule has 1 saturated heterocycles. The molecule has 1 aliphatic heterocycles. The second-order valence-electron chi connectivity index (χ2n) is 6.18. The number of hydrogen-bond acceptors (Lipinski definition) is 12. The van der Waals surface area contributed by atoms with Crippen molar-refractivity contribution in [2.45, 2.75) is 24.5 Å². The molecule has 4 rings (SSSR count). The highest BCUT2D eigenvalue weighted by atomic mass is 31.3. The van der Waals surface area contributed by atoms with E-state index in [9.17, 15) is 24.2 Å². The first-order valence-electron chi connectivity index (χ1n) is 8.54. The van der Waals surface area contributed by atoms with Crippen molar-refractivity contribution in [2.24, 2.45) is 0 Å². The lowest BCUT2D eigenvalue weighted by Crippen LogP contribution is -2.33. The third-order valence-corrected chi connectivity index (χ3v) is 6.13. The molecule has 0 bridgehead atoms. The number of fused-ring (bicyclic) bond motifs is 1. The molecule has 3 aromatic rings. The predicted octanol–water partition coefficient (Wildman–Crippen LogP) is -1.71. The van der Waals surface area contributed by atoms with Crippen LogP contribution in [0.4, 0.5) is 5.82 Å². The summed E-state index contributed by atoms with van der Waals surface area (Å²) in [5.74, 6) is 0.0856. The molecule has 7 N–H and O–H groups in total. The smallest absolute Gasteiger partial charge is 0.450 e. The van der Waals surface area contributed by atoms with Crippen LogP contribution in [0.25, 0.3) is 11.2 Å². The zero-order chi connectivity index (χ0) is 23.5. The highest BCUT2D eigenvalue weighted by Crippen LogP contribution is 2.57. The Morgan fingerprint density at radius 3 is 2.53 bits per heavy atom. The molecule has 0 radical (unpaired) electrons. The number of phosphoric ester groups is 1. The monoisotopic (exact) mass is 494 g/mol. The lowest BCUT2D eigenvalue weighted by Gasteiger charge is -2.17. The summed E-state index contributed by atoms with van der Waals surface area (Å²) in [4.78, 5) is 45.3. The number of nitrogens with two attached hydrogens (primary N) is 1. The summed E-state index contributed by atoms with van der Waals surface area (Å²) >= 11 is 0. The minimum absolute atomic E-state index is 0.0856. The number of aliphatic hydroxyl groups excluding tert-OH is 2. The molecule has 4 heterocycles. The van der Waals surface area contributed by atoms with Gasteiger partial charge in [-0.25, -0.2) is 24.1 Å². The van der Waals surface area contributed by atoms with Crippen LogP contribution in [0.1, 0.15) is 6.23 Å². The molecule has 3 aromatic heterocycles. The summed E-state index contributed by atoms with van der Waals surface area (Å²) in [6, 6.07) is 0. The topological polar surface area (TPSA) is 260 Å². The second-order valence-corrected chi connectivity index (χ2v) is 9.01. The number of aromatic nitrogens is 6. The normalized spacial score (nSPS) is 25.3. The molecule has 19 heteroatoms. The number of nitrogens with zero attached hydrogens (tertiary/aromatic N) is 6. The fourth-order valence-electron chi connectivity index (χ4n) is 2.67. The highest BCUT2D eigenvalue weighted by molar-refractivity contribution is 7.60. The van der Waals surface area contributed by atoms with Gasteiger partial charge in [0.1, 0.15) is 30.2 Å². The Kier molecular flexibility index (Phi) is 7.36. The number of nitrogen functional groups attached to an aromatic ring is 1. The average Bonchev–Trinajstić information content (AvgIpc) is 3.43. The van der Waals surface area contributed by atoms with Crippen LogP contribution in [0.5, 0.6) is 0 Å². The van der Waals surface area contributed by atoms with E-state index < -0.39 is 46.8 Å². The maximum absolute atomic E-state index is 11.5. The van der Waals surface area contributed by atoms with E-state index >= 15 is 0 Å². The Morgan fingerprint density at radius 1 is 1.19 bits per heavy atom. The van der Waals surface area contributed by atoms with Gasteiger partial charge < -0.3 is 45.3 Å². The third-order valence-electron chi connectivity index (χ3n) is 3.98. The Bertz CT molecular complexity index is 1100. The molecule has 1 aliphatic rings. The largest absolute Gasteiger partial charge is 0.481 e. The van der Waals surface area contributed by atoms with Gasteiger partial charge >= 0.3 is 15.6 Å². The van der Waals surface area contributed by atoms with Gasteiger partial charge in [-0.05, 0) is 0 Å². The Labute approximate surface area is 178 Å². The molecule has 5 atom stereocenters. The standard InChI is InChI=1S/C10H15N5O10P2.C3H3N2/c11-8-5-9(13-2-12-8)15(3-14-5)10-7(17)6(16)4(24-10)1-23-27(21,22)25-26(18,19)20;1-2-5-3-4-1/h2-4,6-7,10,16-17H,1H2,(H,21,22)(H2,11,12,13)(H2,18,19,20);1-3H/q;-1/t4-,6-,7-,10-;/m1./s1. The van der Waals surface area contributed by atoms with E-state index in [1.54, 1.807) is 12.4 Å². The molecule has 0 saturated carbocycles. The van der Waals surface area contributed by atoms with E-state index in [-0.39, 0.29) is 17.0 Å². The van der Waals surface area contributed by atoms with Crippen LogP contribution in [0.15, 0.2) is 31.4 Å². The molecular formula is C13H18N7O10P2-. The van der Waals surface area contributed by atoms with Crippen molar-refractivity contribution in [3.8, 4) is 0 Å². The van der Waals surface area contributed by atoms with Crippen LogP contribution < -0.4 is 10.7 Å². The quantitative estimate of drug-likeness (QED) is 0.208. The van der Waals surface area contributed by atoms with Crippen molar-refractivity contribution in [1.82, 2.24) is 29.5 Å². The first-order chi connectivity index (χ1) is 15.0. The van der Waals surface area contributed by atoms with E-state index in [1.165, 1.54) is 17.2 Å². The van der Waals surface area contributed by atoms with Gasteiger partial charge in [-0.15, -0.1) is 0 Å². The van der Waals surface area contributed by atoms with Crippen molar-refractivity contribution >= 4 is 32.6 Å². The van der Waals surface area contributed by atoms with Crippen LogP contribution in [0.3, 0.4) is 0 Å². The number of rotatable bonds is 6. The van der Waals surface area contributed by atoms with Crippen LogP contribution >= 0.6 is 15.6 Å². The lowest BCUT2D eigenvalue weighted by atomic mass is 10.1. The minimum Gasteiger partial charge on any atom is -0.450 e. The SMILES string of the molecule is Nc1ncnc2c1ncn2[C@@H]1O[C@H](COP(=O)(O)OP(=O)(O)O)[C@@H](O)[C@H]1O.c1c[n-]cn1. The van der Waals surface area contributed by atoms with Gasteiger partial charge in [-0.1, -0.05) is 18.7 Å². The van der Waals surface area contributed by atoms with Crippen LogP contribution in [0.2, 0.25) is 0 Å². The first kappa shape index (κ1) is 24.3. The molecule has 1 fully saturated rings. The van der Waals surface area contributed by atoms with E-state index in [0.29, 0.717) is 0 Å². The molecule has 0 spiro atoms. The summed E-state index contributed by atoms with van der Waals surface area (Å²) in [5, 5.41) is 20.3. The fourth-order valence-corrected chi connectivity index (χ4v) is 4.27. The number of hydrogen-bond donors (Lipinski definition) is 6. The van der Waals surface area contributed by atoms with Gasteiger partial charge in [-0.2, -0.15) is 4.31 Å². The number of aliphatic hydroxyl groups is 2. The lowest BCUT2D eigenvalue weighted by molar-refractivity contribution is -0.0503. The summed E-state index contributed by atoms with van der Waals surface area (Å²) in [7, 11) is -10.4. The van der Waals surface area contributed by atoms with Crippen molar-refractivity contribution in [3.63, 3.8) is 0 Å². The van der Waals surface area contributed by atoms with Crippen molar-refractivity contribution in [3.05, 3.63) is 31.4 Å². The molecule has 0 aromatic carbocycles. The Hall–Kier alpha value is -2.30. The molecular weight excluding hydrogens is 476 g/mol. The summed E-state index contributed by atoms with van der Waals surface area (Å²) < 4.78 is 36.8. The number of anilines is 1. The van der Waals surface area contributed by atoms with Crippen molar-refractivity contribution in [1.29, 1.82) is 0 Å². The number of phosphoric acid groups is 2. The van der Waals surface area contributed by atoms with Gasteiger partial charge in [0.05, 0.1) is 12.9 Å². The van der Waals surface area contributed by atoms with Gasteiger partial charge in [0.2, 0.25) is 0 Å². The van der Waals surface area contributed by atoms with E-state index in [0.717, 1.165) is 6.33 Å². The second kappa shape index (κ2) is 9.68. The molecule has 32 heavy (non-hydrogen) atoms. The molecule has 1 unspecified atom stereocenters. The average molecular weight is 494 g/mol. The zero-order valence-corrected chi connectivity index (χ0v) is 17.6. The molecule has 176 valence electrons. The van der Waals surface area contributed by atoms with Gasteiger partial charge in [0.25, 0.3) is 0 Å². The Balaban J connectivity index is 0.000000509. The van der Waals surface area contributed by atoms with E-state index in [1.807, 2.05) is 0 Å². The minimum atomic E-state index is -5.29. The van der Waals surface area contributed by atoms with Crippen LogP contribution in [0, 0.1) is 0 Å². The molecule has 17 nitrogen and oxygen atoms in total. The summed E-state index contributed by atoms with van der Waals surface area (Å²) in [6.45, 7) is -0.813. The van der Waals surface area contributed by atoms with Gasteiger partial charge in [0, 0.05) is 0 Å². The summed E-state index contributed by atoms with van der Waals surface area (Å²) in [6.07, 6.45) is 1.58. The van der Waals surface area contributed by atoms with Crippen LogP contribution in [-0.2, 0) is 22.7 Å². The van der Waals surface area contributed by atoms with Crippen molar-refractivity contribution < 1.29 is 47.6 Å². The van der Waals surface area contributed by atoms with E-state index in [4.69, 9.17) is 20.3 Å². The first-order valence-corrected chi connectivity index (χ1v) is 11.6. The van der Waals surface area contributed by atoms with Gasteiger partial charge in [0.15, 0.2) is 17.7 Å². The molecule has 0 aliphatic carbocycles. The van der Waals surface area contributed by atoms with Gasteiger partial charge in [-0.3, -0.25) is 9.09 Å². The third kappa shape index (κ3) is 5.93. The predicted molar refractivity (Wildman–Crippen MR) is 102 cm³/mol. The van der Waals surface area contributed by atoms with Crippen molar-refractivity contribution in [2.75, 3.05) is 12.3 Å². The van der Waals surface area contributed by atoms with E-state index in [2.05, 4.69) is 33.8 Å².